The number of nitrogens with two attached hydrogens (primary N) is 1. The summed E-state index contributed by atoms with van der Waals surface area (Å²) in [4.78, 5) is 10.2. The number of benzene rings is 1. The molecule has 1 unspecified atom stereocenters. The predicted octanol–water partition coefficient (Wildman–Crippen LogP) is 4.12. The van der Waals surface area contributed by atoms with E-state index in [9.17, 15) is 4.79 Å². The Morgan fingerprint density at radius 3 is 2.30 bits per heavy atom. The van der Waals surface area contributed by atoms with Crippen LogP contribution in [0.2, 0.25) is 0 Å². The van der Waals surface area contributed by atoms with Crippen LogP contribution in [0.4, 0.5) is 5.69 Å². The molecule has 0 aromatic heterocycles. The molecule has 1 atom stereocenters. The second kappa shape index (κ2) is 9.84. The smallest absolute Gasteiger partial charge is 0.293 e. The Kier molecular flexibility index (Phi) is 8.84. The minimum Gasteiger partial charge on any atom is -0.457 e. The molecular weight excluding hydrogens is 250 g/mol. The van der Waals surface area contributed by atoms with Crippen molar-refractivity contribution >= 4 is 12.2 Å². The number of ether oxygens (including phenoxy) is 1. The van der Waals surface area contributed by atoms with E-state index in [2.05, 4.69) is 12.7 Å². The van der Waals surface area contributed by atoms with Crippen molar-refractivity contribution in [3.8, 4) is 0 Å². The molecule has 110 valence electrons. The van der Waals surface area contributed by atoms with Crippen molar-refractivity contribution in [1.29, 1.82) is 0 Å². The topological polar surface area (TPSA) is 52.3 Å². The summed E-state index contributed by atoms with van der Waals surface area (Å²) >= 11 is 0. The summed E-state index contributed by atoms with van der Waals surface area (Å²) in [6.07, 6.45) is 5.47. The highest BCUT2D eigenvalue weighted by Crippen LogP contribution is 2.18. The average Bonchev–Trinajstić information content (AvgIpc) is 2.40. The molecule has 0 amide bonds. The number of para-hydroxylation sites is 1. The van der Waals surface area contributed by atoms with Crippen LogP contribution in [0.5, 0.6) is 0 Å². The molecule has 0 fully saturated rings. The molecular formula is C17H25NO2. The van der Waals surface area contributed by atoms with Crippen LogP contribution in [-0.2, 0) is 9.53 Å². The van der Waals surface area contributed by atoms with Crippen LogP contribution in [0.3, 0.4) is 0 Å². The number of hydrogen-bond acceptors (Lipinski definition) is 3. The predicted molar refractivity (Wildman–Crippen MR) is 85.3 cm³/mol. The van der Waals surface area contributed by atoms with E-state index in [1.54, 1.807) is 6.08 Å². The van der Waals surface area contributed by atoms with Crippen LogP contribution >= 0.6 is 0 Å². The fourth-order valence-electron chi connectivity index (χ4n) is 1.42. The zero-order chi connectivity index (χ0) is 15.4. The highest BCUT2D eigenvalue weighted by molar-refractivity contribution is 5.39. The minimum atomic E-state index is -0.520. The van der Waals surface area contributed by atoms with Gasteiger partial charge in [0.05, 0.1) is 0 Å². The molecule has 0 aliphatic rings. The lowest BCUT2D eigenvalue weighted by atomic mass is 9.99. The zero-order valence-corrected chi connectivity index (χ0v) is 12.6. The first-order valence-corrected chi connectivity index (χ1v) is 6.62. The normalized spacial score (nSPS) is 12.2. The summed E-state index contributed by atoms with van der Waals surface area (Å²) in [6, 6.07) is 9.49. The molecule has 1 aromatic rings. The summed E-state index contributed by atoms with van der Waals surface area (Å²) < 4.78 is 4.93. The van der Waals surface area contributed by atoms with E-state index in [-0.39, 0.29) is 0 Å². The molecule has 3 nitrogen and oxygen atoms in total. The Hall–Kier alpha value is -2.03. The Balaban J connectivity index is 0.000000428. The van der Waals surface area contributed by atoms with Gasteiger partial charge in [0.25, 0.3) is 6.47 Å². The lowest BCUT2D eigenvalue weighted by molar-refractivity contribution is -0.138. The van der Waals surface area contributed by atoms with E-state index in [0.717, 1.165) is 18.5 Å². The third-order valence-electron chi connectivity index (χ3n) is 2.74. The van der Waals surface area contributed by atoms with Gasteiger partial charge in [0.1, 0.15) is 5.60 Å². The summed E-state index contributed by atoms with van der Waals surface area (Å²) in [6.45, 7) is 10.1. The molecule has 1 aromatic carbocycles. The highest BCUT2D eigenvalue weighted by atomic mass is 16.5. The summed E-state index contributed by atoms with van der Waals surface area (Å²) in [5.41, 5.74) is 6.93. The monoisotopic (exact) mass is 275 g/mol. The molecule has 0 saturated carbocycles. The van der Waals surface area contributed by atoms with Crippen LogP contribution in [0.1, 0.15) is 33.6 Å². The molecule has 1 rings (SSSR count). The highest BCUT2D eigenvalue weighted by Gasteiger charge is 2.19. The van der Waals surface area contributed by atoms with E-state index >= 15 is 0 Å². The number of anilines is 1. The van der Waals surface area contributed by atoms with Gasteiger partial charge >= 0.3 is 0 Å². The second-order valence-corrected chi connectivity index (χ2v) is 4.96. The van der Waals surface area contributed by atoms with Crippen LogP contribution in [0.25, 0.3) is 0 Å². The fraction of sp³-hybridized carbons (Fsp3) is 0.353. The molecule has 2 N–H and O–H groups in total. The van der Waals surface area contributed by atoms with E-state index in [0.29, 0.717) is 6.47 Å². The number of allylic oxidation sites excluding steroid dienone is 2. The van der Waals surface area contributed by atoms with Crippen LogP contribution in [0, 0.1) is 0 Å². The zero-order valence-electron chi connectivity index (χ0n) is 12.6. The van der Waals surface area contributed by atoms with Gasteiger partial charge in [-0.15, -0.1) is 0 Å². The van der Waals surface area contributed by atoms with E-state index in [4.69, 9.17) is 10.5 Å². The molecule has 0 heterocycles. The van der Waals surface area contributed by atoms with Gasteiger partial charge < -0.3 is 10.5 Å². The van der Waals surface area contributed by atoms with Gasteiger partial charge in [-0.05, 0) is 51.8 Å². The Morgan fingerprint density at radius 2 is 1.95 bits per heavy atom. The lowest BCUT2D eigenvalue weighted by Crippen LogP contribution is -2.24. The largest absolute Gasteiger partial charge is 0.457 e. The van der Waals surface area contributed by atoms with Crippen LogP contribution in [-0.4, -0.2) is 12.1 Å². The SMILES string of the molecule is C=CC(C)(CCC=C(C)C)OC=O.Nc1ccccc1. The fourth-order valence-corrected chi connectivity index (χ4v) is 1.42. The molecule has 0 aliphatic carbocycles. The summed E-state index contributed by atoms with van der Waals surface area (Å²) in [5.74, 6) is 0. The number of carbonyl (C=O) groups excluding carboxylic acids is 1. The van der Waals surface area contributed by atoms with Gasteiger partial charge in [-0.2, -0.15) is 0 Å². The van der Waals surface area contributed by atoms with Crippen molar-refractivity contribution in [2.75, 3.05) is 5.73 Å². The van der Waals surface area contributed by atoms with E-state index in [1.165, 1.54) is 5.57 Å². The number of rotatable bonds is 6. The average molecular weight is 275 g/mol. The standard InChI is InChI=1S/C11H18O2.C6H7N/c1-5-11(4,13-9-12)8-6-7-10(2)3;7-6-4-2-1-3-5-6/h5,7,9H,1,6,8H2,2-4H3;1-5H,7H2. The first kappa shape index (κ1) is 18.0. The van der Waals surface area contributed by atoms with Crippen molar-refractivity contribution in [2.45, 2.75) is 39.2 Å². The van der Waals surface area contributed by atoms with Crippen molar-refractivity contribution in [3.05, 3.63) is 54.6 Å². The van der Waals surface area contributed by atoms with Crippen molar-refractivity contribution < 1.29 is 9.53 Å². The maximum absolute atomic E-state index is 10.2. The van der Waals surface area contributed by atoms with Gasteiger partial charge in [0, 0.05) is 5.69 Å². The molecule has 0 radical (unpaired) electrons. The van der Waals surface area contributed by atoms with Crippen molar-refractivity contribution in [2.24, 2.45) is 0 Å². The van der Waals surface area contributed by atoms with E-state index in [1.807, 2.05) is 51.1 Å². The second-order valence-electron chi connectivity index (χ2n) is 4.96. The van der Waals surface area contributed by atoms with Crippen molar-refractivity contribution in [3.63, 3.8) is 0 Å². The molecule has 0 saturated heterocycles. The lowest BCUT2D eigenvalue weighted by Gasteiger charge is -2.22. The molecule has 3 heteroatoms. The number of nitrogen functional groups attached to an aromatic ring is 1. The molecule has 0 aliphatic heterocycles. The summed E-state index contributed by atoms with van der Waals surface area (Å²) in [7, 11) is 0. The molecule has 20 heavy (non-hydrogen) atoms. The van der Waals surface area contributed by atoms with Gasteiger partial charge in [-0.1, -0.05) is 36.4 Å². The van der Waals surface area contributed by atoms with Crippen LogP contribution in [0.15, 0.2) is 54.6 Å². The first-order valence-electron chi connectivity index (χ1n) is 6.62. The van der Waals surface area contributed by atoms with Gasteiger partial charge in [0.15, 0.2) is 0 Å². The minimum absolute atomic E-state index is 0.476. The maximum atomic E-state index is 10.2. The maximum Gasteiger partial charge on any atom is 0.293 e. The van der Waals surface area contributed by atoms with Gasteiger partial charge in [-0.3, -0.25) is 4.79 Å². The Bertz CT molecular complexity index is 422. The van der Waals surface area contributed by atoms with Crippen molar-refractivity contribution in [1.82, 2.24) is 0 Å². The third-order valence-corrected chi connectivity index (χ3v) is 2.74. The third kappa shape index (κ3) is 8.97. The van der Waals surface area contributed by atoms with Crippen LogP contribution < -0.4 is 5.73 Å². The summed E-state index contributed by atoms with van der Waals surface area (Å²) in [5, 5.41) is 0. The van der Waals surface area contributed by atoms with Gasteiger partial charge in [0.2, 0.25) is 0 Å². The van der Waals surface area contributed by atoms with E-state index < -0.39 is 5.60 Å². The quantitative estimate of drug-likeness (QED) is 0.482. The number of carbonyl (C=O) groups is 1. The number of hydrogen-bond donors (Lipinski definition) is 1. The Morgan fingerprint density at radius 1 is 1.35 bits per heavy atom. The van der Waals surface area contributed by atoms with Gasteiger partial charge in [-0.25, -0.2) is 0 Å². The Labute approximate surface area is 122 Å². The molecule has 0 spiro atoms. The molecule has 0 bridgehead atoms. The first-order chi connectivity index (χ1) is 9.43.